The van der Waals surface area contributed by atoms with E-state index in [1.807, 2.05) is 25.8 Å². The fraction of sp³-hybridized carbons (Fsp3) is 0.778. The molecule has 1 fully saturated rings. The number of carbonyl (C=O) groups excluding carboxylic acids is 2. The van der Waals surface area contributed by atoms with Crippen LogP contribution in [-0.2, 0) is 9.59 Å². The lowest BCUT2D eigenvalue weighted by Gasteiger charge is -2.43. The van der Waals surface area contributed by atoms with Gasteiger partial charge in [0.15, 0.2) is 0 Å². The van der Waals surface area contributed by atoms with Crippen molar-refractivity contribution < 1.29 is 9.59 Å². The summed E-state index contributed by atoms with van der Waals surface area (Å²) in [6.45, 7) is 5.46. The van der Waals surface area contributed by atoms with Crippen molar-refractivity contribution in [3.8, 4) is 0 Å². The van der Waals surface area contributed by atoms with Crippen LogP contribution in [0.3, 0.4) is 0 Å². The summed E-state index contributed by atoms with van der Waals surface area (Å²) >= 11 is 0. The van der Waals surface area contributed by atoms with Gasteiger partial charge in [0, 0.05) is 13.1 Å². The molecule has 0 aromatic rings. The average molecular weight is 184 g/mol. The number of nitrogens with zero attached hydrogens (tertiary/aromatic N) is 2. The Labute approximate surface area is 78.5 Å². The van der Waals surface area contributed by atoms with Crippen LogP contribution in [0.4, 0.5) is 0 Å². The molecule has 1 saturated heterocycles. The van der Waals surface area contributed by atoms with E-state index in [2.05, 4.69) is 0 Å². The van der Waals surface area contributed by atoms with Gasteiger partial charge in [0.25, 0.3) is 0 Å². The molecule has 0 bridgehead atoms. The summed E-state index contributed by atoms with van der Waals surface area (Å²) in [6.07, 6.45) is 0.777. The van der Waals surface area contributed by atoms with E-state index in [0.29, 0.717) is 6.54 Å². The van der Waals surface area contributed by atoms with E-state index in [9.17, 15) is 9.59 Å². The maximum atomic E-state index is 11.8. The lowest BCUT2D eigenvalue weighted by molar-refractivity contribution is -0.148. The minimum Gasteiger partial charge on any atom is -0.333 e. The predicted molar refractivity (Wildman–Crippen MR) is 49.4 cm³/mol. The van der Waals surface area contributed by atoms with E-state index in [1.165, 1.54) is 0 Å². The van der Waals surface area contributed by atoms with Crippen molar-refractivity contribution in [1.82, 2.24) is 9.80 Å². The highest BCUT2D eigenvalue weighted by Crippen LogP contribution is 2.19. The van der Waals surface area contributed by atoms with Gasteiger partial charge in [-0.1, -0.05) is 0 Å². The second-order valence-electron chi connectivity index (χ2n) is 3.90. The van der Waals surface area contributed by atoms with Gasteiger partial charge in [-0.25, -0.2) is 0 Å². The van der Waals surface area contributed by atoms with E-state index in [0.717, 1.165) is 12.8 Å². The van der Waals surface area contributed by atoms with Crippen LogP contribution >= 0.6 is 0 Å². The molecule has 0 atom stereocenters. The molecule has 1 amide bonds. The molecule has 13 heavy (non-hydrogen) atoms. The summed E-state index contributed by atoms with van der Waals surface area (Å²) in [5, 5.41) is 0. The third kappa shape index (κ3) is 1.72. The molecule has 0 saturated carbocycles. The van der Waals surface area contributed by atoms with Crippen molar-refractivity contribution in [2.75, 3.05) is 26.7 Å². The van der Waals surface area contributed by atoms with Gasteiger partial charge in [-0.2, -0.15) is 0 Å². The summed E-state index contributed by atoms with van der Waals surface area (Å²) in [7, 11) is 1.93. The largest absolute Gasteiger partial charge is 0.333 e. The molecule has 1 aliphatic rings. The first-order valence-electron chi connectivity index (χ1n) is 4.44. The molecule has 0 radical (unpaired) electrons. The van der Waals surface area contributed by atoms with Crippen LogP contribution in [0.25, 0.3) is 0 Å². The Bertz CT molecular complexity index is 226. The van der Waals surface area contributed by atoms with Crippen molar-refractivity contribution >= 4 is 12.2 Å². The molecule has 0 aromatic carbocycles. The van der Waals surface area contributed by atoms with Crippen LogP contribution in [-0.4, -0.2) is 54.2 Å². The molecule has 74 valence electrons. The fourth-order valence-corrected chi connectivity index (χ4v) is 1.47. The molecule has 1 aliphatic heterocycles. The average Bonchev–Trinajstić information content (AvgIpc) is 2.08. The molecule has 1 heterocycles. The zero-order valence-corrected chi connectivity index (χ0v) is 8.41. The second-order valence-corrected chi connectivity index (χ2v) is 3.90. The predicted octanol–water partition coefficient (Wildman–Crippen LogP) is -0.262. The first kappa shape index (κ1) is 10.2. The third-order valence-corrected chi connectivity index (χ3v) is 2.77. The first-order chi connectivity index (χ1) is 6.00. The van der Waals surface area contributed by atoms with Crippen LogP contribution in [0.1, 0.15) is 13.8 Å². The fourth-order valence-electron chi connectivity index (χ4n) is 1.47. The maximum Gasteiger partial charge on any atom is 0.242 e. The summed E-state index contributed by atoms with van der Waals surface area (Å²) in [5.41, 5.74) is -0.471. The van der Waals surface area contributed by atoms with Crippen molar-refractivity contribution in [3.05, 3.63) is 0 Å². The van der Waals surface area contributed by atoms with Gasteiger partial charge in [-0.15, -0.1) is 0 Å². The zero-order valence-electron chi connectivity index (χ0n) is 8.41. The van der Waals surface area contributed by atoms with Crippen LogP contribution in [0.2, 0.25) is 0 Å². The Balaban J connectivity index is 2.76. The highest BCUT2D eigenvalue weighted by atomic mass is 16.2. The van der Waals surface area contributed by atoms with Gasteiger partial charge >= 0.3 is 0 Å². The minimum atomic E-state index is -0.471. The van der Waals surface area contributed by atoms with Crippen molar-refractivity contribution in [1.29, 1.82) is 0 Å². The zero-order chi connectivity index (χ0) is 10.1. The van der Waals surface area contributed by atoms with Gasteiger partial charge in [-0.05, 0) is 20.9 Å². The normalized spacial score (nSPS) is 23.3. The molecule has 4 nitrogen and oxygen atoms in total. The number of hydrogen-bond acceptors (Lipinski definition) is 3. The molecule has 4 heteroatoms. The maximum absolute atomic E-state index is 11.8. The molecular weight excluding hydrogens is 168 g/mol. The van der Waals surface area contributed by atoms with Gasteiger partial charge in [0.1, 0.15) is 6.29 Å². The Kier molecular flexibility index (Phi) is 2.71. The first-order valence-corrected chi connectivity index (χ1v) is 4.44. The number of amides is 1. The third-order valence-electron chi connectivity index (χ3n) is 2.77. The van der Waals surface area contributed by atoms with Crippen molar-refractivity contribution in [2.24, 2.45) is 0 Å². The highest BCUT2D eigenvalue weighted by Gasteiger charge is 2.39. The lowest BCUT2D eigenvalue weighted by Crippen LogP contribution is -2.61. The van der Waals surface area contributed by atoms with E-state index in [4.69, 9.17) is 0 Å². The number of hydrogen-bond donors (Lipinski definition) is 0. The Morgan fingerprint density at radius 3 is 2.62 bits per heavy atom. The standard InChI is InChI=1S/C9H16N2O2/c1-9(2)8(13)11(6-7-12)5-4-10(9)3/h7H,4-6H2,1-3H3. The smallest absolute Gasteiger partial charge is 0.242 e. The van der Waals surface area contributed by atoms with Crippen LogP contribution in [0, 0.1) is 0 Å². The quantitative estimate of drug-likeness (QED) is 0.555. The summed E-state index contributed by atoms with van der Waals surface area (Å²) < 4.78 is 0. The molecule has 0 unspecified atom stereocenters. The topological polar surface area (TPSA) is 40.6 Å². The molecule has 0 spiro atoms. The van der Waals surface area contributed by atoms with E-state index < -0.39 is 5.54 Å². The van der Waals surface area contributed by atoms with Crippen LogP contribution < -0.4 is 0 Å². The van der Waals surface area contributed by atoms with E-state index in [-0.39, 0.29) is 12.5 Å². The minimum absolute atomic E-state index is 0.0355. The molecular formula is C9H16N2O2. The van der Waals surface area contributed by atoms with E-state index >= 15 is 0 Å². The number of piperazine rings is 1. The Morgan fingerprint density at radius 2 is 2.08 bits per heavy atom. The monoisotopic (exact) mass is 184 g/mol. The molecule has 0 N–H and O–H groups in total. The molecule has 1 rings (SSSR count). The lowest BCUT2D eigenvalue weighted by atomic mass is 9.98. The Morgan fingerprint density at radius 1 is 1.46 bits per heavy atom. The number of rotatable bonds is 2. The number of aldehydes is 1. The van der Waals surface area contributed by atoms with Crippen molar-refractivity contribution in [2.45, 2.75) is 19.4 Å². The van der Waals surface area contributed by atoms with Crippen LogP contribution in [0.15, 0.2) is 0 Å². The van der Waals surface area contributed by atoms with Gasteiger partial charge < -0.3 is 9.69 Å². The second kappa shape index (κ2) is 3.46. The van der Waals surface area contributed by atoms with Gasteiger partial charge in [0.05, 0.1) is 12.1 Å². The number of carbonyl (C=O) groups is 2. The van der Waals surface area contributed by atoms with Crippen molar-refractivity contribution in [3.63, 3.8) is 0 Å². The summed E-state index contributed by atoms with van der Waals surface area (Å²) in [5.74, 6) is 0.0355. The van der Waals surface area contributed by atoms with Gasteiger partial charge in [-0.3, -0.25) is 9.69 Å². The molecule has 0 aliphatic carbocycles. The Hall–Kier alpha value is -0.900. The highest BCUT2D eigenvalue weighted by molar-refractivity contribution is 5.87. The van der Waals surface area contributed by atoms with E-state index in [1.54, 1.807) is 4.90 Å². The molecule has 0 aromatic heterocycles. The summed E-state index contributed by atoms with van der Waals surface area (Å²) in [6, 6.07) is 0. The summed E-state index contributed by atoms with van der Waals surface area (Å²) in [4.78, 5) is 25.7. The number of likely N-dealkylation sites (N-methyl/N-ethyl adjacent to an activating group) is 1. The van der Waals surface area contributed by atoms with Gasteiger partial charge in [0.2, 0.25) is 5.91 Å². The van der Waals surface area contributed by atoms with Crippen LogP contribution in [0.5, 0.6) is 0 Å². The SMILES string of the molecule is CN1CCN(CC=O)C(=O)C1(C)C.